The van der Waals surface area contributed by atoms with Gasteiger partial charge in [-0.1, -0.05) is 48.5 Å². The van der Waals surface area contributed by atoms with E-state index in [-0.39, 0.29) is 12.2 Å². The SMILES string of the molecule is NC(=O)COc1ccc(C(=O)OCC(=O)Nc2ccccc2-c2ccccc2)cc1. The van der Waals surface area contributed by atoms with Crippen molar-refractivity contribution >= 4 is 23.5 Å². The molecule has 0 aliphatic carbocycles. The summed E-state index contributed by atoms with van der Waals surface area (Å²) in [6.45, 7) is -0.684. The lowest BCUT2D eigenvalue weighted by atomic mass is 10.0. The molecule has 7 nitrogen and oxygen atoms in total. The molecule has 7 heteroatoms. The van der Waals surface area contributed by atoms with Gasteiger partial charge < -0.3 is 20.5 Å². The summed E-state index contributed by atoms with van der Waals surface area (Å²) < 4.78 is 10.2. The summed E-state index contributed by atoms with van der Waals surface area (Å²) >= 11 is 0. The monoisotopic (exact) mass is 404 g/mol. The number of esters is 1. The molecule has 0 aliphatic heterocycles. The summed E-state index contributed by atoms with van der Waals surface area (Å²) in [5, 5.41) is 2.77. The van der Waals surface area contributed by atoms with E-state index in [4.69, 9.17) is 15.2 Å². The normalized spacial score (nSPS) is 10.1. The highest BCUT2D eigenvalue weighted by Gasteiger charge is 2.12. The Bertz CT molecular complexity index is 1030. The van der Waals surface area contributed by atoms with Gasteiger partial charge in [0.25, 0.3) is 11.8 Å². The van der Waals surface area contributed by atoms with Crippen molar-refractivity contribution in [2.24, 2.45) is 5.73 Å². The standard InChI is InChI=1S/C23H20N2O5/c24-21(26)14-29-18-12-10-17(11-13-18)23(28)30-15-22(27)25-20-9-5-4-8-19(20)16-6-2-1-3-7-16/h1-13H,14-15H2,(H2,24,26)(H,25,27). The Balaban J connectivity index is 1.56. The molecule has 30 heavy (non-hydrogen) atoms. The molecule has 0 heterocycles. The van der Waals surface area contributed by atoms with Gasteiger partial charge in [-0.15, -0.1) is 0 Å². The number of hydrogen-bond acceptors (Lipinski definition) is 5. The Hall–Kier alpha value is -4.13. The Labute approximate surface area is 173 Å². The summed E-state index contributed by atoms with van der Waals surface area (Å²) in [7, 11) is 0. The maximum absolute atomic E-state index is 12.3. The summed E-state index contributed by atoms with van der Waals surface area (Å²) in [5.41, 5.74) is 7.71. The quantitative estimate of drug-likeness (QED) is 0.561. The van der Waals surface area contributed by atoms with E-state index in [0.29, 0.717) is 11.4 Å². The van der Waals surface area contributed by atoms with Crippen molar-refractivity contribution in [2.75, 3.05) is 18.5 Å². The van der Waals surface area contributed by atoms with E-state index < -0.39 is 24.4 Å². The van der Waals surface area contributed by atoms with E-state index in [0.717, 1.165) is 11.1 Å². The van der Waals surface area contributed by atoms with Crippen LogP contribution in [-0.4, -0.2) is 31.0 Å². The van der Waals surface area contributed by atoms with Crippen molar-refractivity contribution in [3.05, 3.63) is 84.4 Å². The van der Waals surface area contributed by atoms with Crippen LogP contribution >= 0.6 is 0 Å². The highest BCUT2D eigenvalue weighted by atomic mass is 16.5. The maximum Gasteiger partial charge on any atom is 0.338 e. The molecule has 3 rings (SSSR count). The second kappa shape index (κ2) is 9.88. The van der Waals surface area contributed by atoms with Crippen molar-refractivity contribution < 1.29 is 23.9 Å². The highest BCUT2D eigenvalue weighted by molar-refractivity contribution is 5.98. The molecule has 0 unspecified atom stereocenters. The molecule has 0 aliphatic rings. The van der Waals surface area contributed by atoms with Crippen molar-refractivity contribution in [3.63, 3.8) is 0 Å². The molecular formula is C23H20N2O5. The third-order valence-corrected chi connectivity index (χ3v) is 4.09. The van der Waals surface area contributed by atoms with E-state index in [2.05, 4.69) is 5.32 Å². The van der Waals surface area contributed by atoms with Crippen LogP contribution in [0.25, 0.3) is 11.1 Å². The van der Waals surface area contributed by atoms with Gasteiger partial charge >= 0.3 is 5.97 Å². The number of ether oxygens (including phenoxy) is 2. The van der Waals surface area contributed by atoms with Crippen molar-refractivity contribution in [1.82, 2.24) is 0 Å². The van der Waals surface area contributed by atoms with Crippen LogP contribution in [0.2, 0.25) is 0 Å². The van der Waals surface area contributed by atoms with Gasteiger partial charge in [0.2, 0.25) is 0 Å². The summed E-state index contributed by atoms with van der Waals surface area (Å²) in [6.07, 6.45) is 0. The van der Waals surface area contributed by atoms with Crippen LogP contribution in [0.1, 0.15) is 10.4 Å². The van der Waals surface area contributed by atoms with E-state index in [1.54, 1.807) is 6.07 Å². The van der Waals surface area contributed by atoms with Gasteiger partial charge in [0.15, 0.2) is 13.2 Å². The molecule has 3 aromatic carbocycles. The second-order valence-electron chi connectivity index (χ2n) is 6.32. The fourth-order valence-corrected chi connectivity index (χ4v) is 2.70. The minimum absolute atomic E-state index is 0.249. The molecule has 0 bridgehead atoms. The number of nitrogens with two attached hydrogens (primary N) is 1. The topological polar surface area (TPSA) is 108 Å². The van der Waals surface area contributed by atoms with Crippen LogP contribution in [0.15, 0.2) is 78.9 Å². The van der Waals surface area contributed by atoms with Gasteiger partial charge in [0, 0.05) is 11.3 Å². The summed E-state index contributed by atoms with van der Waals surface area (Å²) in [6, 6.07) is 23.0. The van der Waals surface area contributed by atoms with Crippen LogP contribution < -0.4 is 15.8 Å². The summed E-state index contributed by atoms with van der Waals surface area (Å²) in [5.74, 6) is -1.31. The van der Waals surface area contributed by atoms with Crippen molar-refractivity contribution in [3.8, 4) is 16.9 Å². The van der Waals surface area contributed by atoms with Gasteiger partial charge in [-0.2, -0.15) is 0 Å². The Morgan fingerprint density at radius 3 is 2.17 bits per heavy atom. The molecule has 2 amide bonds. The minimum atomic E-state index is -0.650. The number of amides is 2. The highest BCUT2D eigenvalue weighted by Crippen LogP contribution is 2.27. The Morgan fingerprint density at radius 2 is 1.47 bits per heavy atom. The molecule has 0 spiro atoms. The van der Waals surface area contributed by atoms with Crippen LogP contribution in [0.3, 0.4) is 0 Å². The van der Waals surface area contributed by atoms with Crippen LogP contribution in [-0.2, 0) is 14.3 Å². The van der Waals surface area contributed by atoms with Crippen molar-refractivity contribution in [2.45, 2.75) is 0 Å². The molecule has 3 N–H and O–H groups in total. The fraction of sp³-hybridized carbons (Fsp3) is 0.0870. The number of hydrogen-bond donors (Lipinski definition) is 2. The lowest BCUT2D eigenvalue weighted by Crippen LogP contribution is -2.21. The average molecular weight is 404 g/mol. The van der Waals surface area contributed by atoms with Gasteiger partial charge in [0.05, 0.1) is 5.56 Å². The van der Waals surface area contributed by atoms with Gasteiger partial charge in [0.1, 0.15) is 5.75 Å². The van der Waals surface area contributed by atoms with E-state index in [9.17, 15) is 14.4 Å². The zero-order valence-electron chi connectivity index (χ0n) is 16.0. The van der Waals surface area contributed by atoms with Crippen molar-refractivity contribution in [1.29, 1.82) is 0 Å². The maximum atomic E-state index is 12.3. The van der Waals surface area contributed by atoms with Crippen LogP contribution in [0.5, 0.6) is 5.75 Å². The number of benzene rings is 3. The first-order valence-electron chi connectivity index (χ1n) is 9.15. The molecule has 0 saturated carbocycles. The number of rotatable bonds is 8. The Kier molecular flexibility index (Phi) is 6.78. The predicted molar refractivity (Wildman–Crippen MR) is 112 cm³/mol. The second-order valence-corrected chi connectivity index (χ2v) is 6.32. The zero-order chi connectivity index (χ0) is 21.3. The van der Waals surface area contributed by atoms with Gasteiger partial charge in [-0.05, 0) is 35.9 Å². The number of nitrogens with one attached hydrogen (secondary N) is 1. The first-order valence-corrected chi connectivity index (χ1v) is 9.15. The van der Waals surface area contributed by atoms with Crippen LogP contribution in [0, 0.1) is 0 Å². The third kappa shape index (κ3) is 5.68. The lowest BCUT2D eigenvalue weighted by molar-refractivity contribution is -0.120. The summed E-state index contributed by atoms with van der Waals surface area (Å²) in [4.78, 5) is 35.1. The van der Waals surface area contributed by atoms with E-state index in [1.165, 1.54) is 24.3 Å². The molecule has 0 fully saturated rings. The van der Waals surface area contributed by atoms with Crippen LogP contribution in [0.4, 0.5) is 5.69 Å². The number of carbonyl (C=O) groups excluding carboxylic acids is 3. The minimum Gasteiger partial charge on any atom is -0.484 e. The molecule has 0 saturated heterocycles. The predicted octanol–water partition coefficient (Wildman–Crippen LogP) is 3.01. The molecule has 0 atom stereocenters. The molecule has 152 valence electrons. The number of carbonyl (C=O) groups is 3. The molecule has 3 aromatic rings. The number of anilines is 1. The smallest absolute Gasteiger partial charge is 0.338 e. The number of para-hydroxylation sites is 1. The fourth-order valence-electron chi connectivity index (χ4n) is 2.70. The zero-order valence-corrected chi connectivity index (χ0v) is 16.0. The third-order valence-electron chi connectivity index (χ3n) is 4.09. The molecule has 0 aromatic heterocycles. The first kappa shape index (κ1) is 20.6. The largest absolute Gasteiger partial charge is 0.484 e. The number of primary amides is 1. The first-order chi connectivity index (χ1) is 14.5. The van der Waals surface area contributed by atoms with Gasteiger partial charge in [-0.25, -0.2) is 4.79 Å². The average Bonchev–Trinajstić information content (AvgIpc) is 2.77. The van der Waals surface area contributed by atoms with Gasteiger partial charge in [-0.3, -0.25) is 9.59 Å². The lowest BCUT2D eigenvalue weighted by Gasteiger charge is -2.11. The Morgan fingerprint density at radius 1 is 0.800 bits per heavy atom. The van der Waals surface area contributed by atoms with E-state index in [1.807, 2.05) is 48.5 Å². The molecule has 0 radical (unpaired) electrons. The molecular weight excluding hydrogens is 384 g/mol. The van der Waals surface area contributed by atoms with E-state index >= 15 is 0 Å².